The van der Waals surface area contributed by atoms with E-state index in [9.17, 15) is 9.59 Å². The van der Waals surface area contributed by atoms with Crippen LogP contribution >= 0.6 is 0 Å². The normalized spacial score (nSPS) is 11.5. The van der Waals surface area contributed by atoms with E-state index in [-0.39, 0.29) is 5.78 Å². The molecule has 0 aliphatic carbocycles. The van der Waals surface area contributed by atoms with Crippen LogP contribution in [-0.4, -0.2) is 24.5 Å². The molecule has 4 nitrogen and oxygen atoms in total. The van der Waals surface area contributed by atoms with Gasteiger partial charge < -0.3 is 9.47 Å². The second kappa shape index (κ2) is 13.3. The van der Waals surface area contributed by atoms with Crippen LogP contribution in [0.1, 0.15) is 65.8 Å². The van der Waals surface area contributed by atoms with Crippen LogP contribution in [0.15, 0.2) is 85.5 Å². The van der Waals surface area contributed by atoms with Crippen LogP contribution in [0.2, 0.25) is 0 Å². The van der Waals surface area contributed by atoms with Gasteiger partial charge in [0.25, 0.3) is 0 Å². The van der Waals surface area contributed by atoms with Gasteiger partial charge in [0.1, 0.15) is 12.4 Å². The highest BCUT2D eigenvalue weighted by Gasteiger charge is 2.20. The molecule has 3 aromatic rings. The van der Waals surface area contributed by atoms with Crippen LogP contribution in [0.3, 0.4) is 0 Å². The summed E-state index contributed by atoms with van der Waals surface area (Å²) < 4.78 is 10.9. The van der Waals surface area contributed by atoms with Gasteiger partial charge in [-0.25, -0.2) is 4.79 Å². The summed E-state index contributed by atoms with van der Waals surface area (Å²) in [5.74, 6) is -0.140. The number of benzene rings is 3. The molecule has 35 heavy (non-hydrogen) atoms. The summed E-state index contributed by atoms with van der Waals surface area (Å²) in [6, 6.07) is 22.6. The molecule has 3 aromatic carbocycles. The van der Waals surface area contributed by atoms with E-state index in [1.807, 2.05) is 12.1 Å². The predicted octanol–water partition coefficient (Wildman–Crippen LogP) is 7.47. The van der Waals surface area contributed by atoms with E-state index in [1.165, 1.54) is 31.2 Å². The van der Waals surface area contributed by atoms with Gasteiger partial charge >= 0.3 is 5.97 Å². The fourth-order valence-corrected chi connectivity index (χ4v) is 3.81. The number of aryl methyl sites for hydroxylation is 1. The van der Waals surface area contributed by atoms with Gasteiger partial charge in [0.2, 0.25) is 5.78 Å². The van der Waals surface area contributed by atoms with E-state index < -0.39 is 12.1 Å². The van der Waals surface area contributed by atoms with Crippen molar-refractivity contribution in [3.8, 4) is 16.9 Å². The first-order valence-corrected chi connectivity index (χ1v) is 12.3. The maximum atomic E-state index is 12.7. The average molecular weight is 471 g/mol. The number of rotatable bonds is 13. The molecule has 182 valence electrons. The molecule has 3 rings (SSSR count). The third kappa shape index (κ3) is 7.68. The number of carbonyl (C=O) groups excluding carboxylic acids is 2. The van der Waals surface area contributed by atoms with Crippen LogP contribution in [-0.2, 0) is 11.2 Å². The summed E-state index contributed by atoms with van der Waals surface area (Å²) in [7, 11) is 0. The quantitative estimate of drug-likeness (QED) is 0.113. The molecule has 1 atom stereocenters. The fourth-order valence-electron chi connectivity index (χ4n) is 3.81. The van der Waals surface area contributed by atoms with Crippen molar-refractivity contribution in [3.63, 3.8) is 0 Å². The van der Waals surface area contributed by atoms with Crippen molar-refractivity contribution in [2.75, 3.05) is 6.61 Å². The van der Waals surface area contributed by atoms with Crippen molar-refractivity contribution < 1.29 is 19.1 Å². The van der Waals surface area contributed by atoms with E-state index in [1.54, 1.807) is 49.4 Å². The molecule has 0 fully saturated rings. The Bertz CT molecular complexity index is 1100. The summed E-state index contributed by atoms with van der Waals surface area (Å²) in [6.45, 7) is 7.81. The highest BCUT2D eigenvalue weighted by Crippen LogP contribution is 2.22. The molecule has 0 amide bonds. The number of Topliss-reactive ketones (excluding diaryl/α,β-unsaturated/α-hetero) is 1. The number of ketones is 1. The van der Waals surface area contributed by atoms with Crippen LogP contribution in [0, 0.1) is 0 Å². The minimum atomic E-state index is -0.896. The predicted molar refractivity (Wildman–Crippen MR) is 141 cm³/mol. The van der Waals surface area contributed by atoms with Gasteiger partial charge in [0, 0.05) is 5.56 Å². The molecular weight excluding hydrogens is 436 g/mol. The SMILES string of the molecule is C=CCOc1ccc(C(=O)C(C)OC(=O)c2ccc(-c3ccc(CCCCCC)cc3)cc2)cc1. The second-order valence-corrected chi connectivity index (χ2v) is 8.62. The number of esters is 1. The molecule has 0 N–H and O–H groups in total. The Morgan fingerprint density at radius 1 is 0.829 bits per heavy atom. The van der Waals surface area contributed by atoms with Gasteiger partial charge in [-0.2, -0.15) is 0 Å². The Labute approximate surface area is 208 Å². The van der Waals surface area contributed by atoms with Crippen molar-refractivity contribution in [1.29, 1.82) is 0 Å². The van der Waals surface area contributed by atoms with Crippen LogP contribution in [0.5, 0.6) is 5.75 Å². The molecule has 0 bridgehead atoms. The van der Waals surface area contributed by atoms with E-state index in [0.717, 1.165) is 17.5 Å². The second-order valence-electron chi connectivity index (χ2n) is 8.62. The Balaban J connectivity index is 1.55. The third-order valence-electron chi connectivity index (χ3n) is 5.89. The molecule has 0 heterocycles. The first-order chi connectivity index (χ1) is 17.0. The topological polar surface area (TPSA) is 52.6 Å². The molecular formula is C31H34O4. The lowest BCUT2D eigenvalue weighted by molar-refractivity contribution is 0.0319. The Hall–Kier alpha value is -3.66. The summed E-state index contributed by atoms with van der Waals surface area (Å²) >= 11 is 0. The lowest BCUT2D eigenvalue weighted by Crippen LogP contribution is -2.24. The maximum absolute atomic E-state index is 12.7. The summed E-state index contributed by atoms with van der Waals surface area (Å²) in [5, 5.41) is 0. The zero-order valence-corrected chi connectivity index (χ0v) is 20.7. The highest BCUT2D eigenvalue weighted by atomic mass is 16.5. The van der Waals surface area contributed by atoms with Crippen molar-refractivity contribution in [3.05, 3.63) is 102 Å². The molecule has 4 heteroatoms. The Kier molecular flexibility index (Phi) is 9.85. The van der Waals surface area contributed by atoms with Crippen molar-refractivity contribution >= 4 is 11.8 Å². The van der Waals surface area contributed by atoms with E-state index in [4.69, 9.17) is 9.47 Å². The molecule has 1 unspecified atom stereocenters. The highest BCUT2D eigenvalue weighted by molar-refractivity contribution is 6.01. The first kappa shape index (κ1) is 26.0. The summed E-state index contributed by atoms with van der Waals surface area (Å²) in [4.78, 5) is 25.3. The first-order valence-electron chi connectivity index (χ1n) is 12.3. The van der Waals surface area contributed by atoms with Crippen molar-refractivity contribution in [2.24, 2.45) is 0 Å². The lowest BCUT2D eigenvalue weighted by atomic mass is 10.0. The molecule has 0 aliphatic heterocycles. The lowest BCUT2D eigenvalue weighted by Gasteiger charge is -2.13. The van der Waals surface area contributed by atoms with Crippen LogP contribution < -0.4 is 4.74 Å². The molecule has 0 saturated heterocycles. The zero-order chi connectivity index (χ0) is 25.0. The van der Waals surface area contributed by atoms with Gasteiger partial charge in [0.05, 0.1) is 5.56 Å². The third-order valence-corrected chi connectivity index (χ3v) is 5.89. The largest absolute Gasteiger partial charge is 0.490 e. The summed E-state index contributed by atoms with van der Waals surface area (Å²) in [6.07, 6.45) is 6.90. The van der Waals surface area contributed by atoms with Gasteiger partial charge in [-0.1, -0.05) is 75.2 Å². The number of hydrogen-bond acceptors (Lipinski definition) is 4. The molecule has 0 spiro atoms. The van der Waals surface area contributed by atoms with Gasteiger partial charge in [0.15, 0.2) is 6.10 Å². The fraction of sp³-hybridized carbons (Fsp3) is 0.290. The van der Waals surface area contributed by atoms with E-state index >= 15 is 0 Å². The van der Waals surface area contributed by atoms with Crippen LogP contribution in [0.4, 0.5) is 0 Å². The number of ether oxygens (including phenoxy) is 2. The standard InChI is InChI=1S/C31H34O4/c1-4-6-7-8-9-24-10-12-25(13-11-24)26-14-16-28(17-15-26)31(33)35-23(3)30(32)27-18-20-29(21-19-27)34-22-5-2/h5,10-21,23H,2,4,6-9,22H2,1,3H3. The maximum Gasteiger partial charge on any atom is 0.338 e. The number of carbonyl (C=O) groups is 2. The Morgan fingerprint density at radius 2 is 1.43 bits per heavy atom. The monoisotopic (exact) mass is 470 g/mol. The van der Waals surface area contributed by atoms with Crippen LogP contribution in [0.25, 0.3) is 11.1 Å². The average Bonchev–Trinajstić information content (AvgIpc) is 2.90. The zero-order valence-electron chi connectivity index (χ0n) is 20.7. The van der Waals surface area contributed by atoms with Gasteiger partial charge in [-0.05, 0) is 72.9 Å². The van der Waals surface area contributed by atoms with E-state index in [2.05, 4.69) is 37.8 Å². The minimum Gasteiger partial charge on any atom is -0.490 e. The summed E-state index contributed by atoms with van der Waals surface area (Å²) in [5.41, 5.74) is 4.35. The van der Waals surface area contributed by atoms with Gasteiger partial charge in [-0.3, -0.25) is 4.79 Å². The molecule has 0 radical (unpaired) electrons. The van der Waals surface area contributed by atoms with Crippen molar-refractivity contribution in [1.82, 2.24) is 0 Å². The Morgan fingerprint density at radius 3 is 2.03 bits per heavy atom. The van der Waals surface area contributed by atoms with E-state index in [0.29, 0.717) is 23.5 Å². The smallest absolute Gasteiger partial charge is 0.338 e. The number of hydrogen-bond donors (Lipinski definition) is 0. The van der Waals surface area contributed by atoms with Gasteiger partial charge in [-0.15, -0.1) is 0 Å². The van der Waals surface area contributed by atoms with Crippen molar-refractivity contribution in [2.45, 2.75) is 52.1 Å². The molecule has 0 aromatic heterocycles. The number of unbranched alkanes of at least 4 members (excludes halogenated alkanes) is 3. The molecule has 0 saturated carbocycles. The molecule has 0 aliphatic rings. The minimum absolute atomic E-state index is 0.264.